The molecule has 1 N–H and O–H groups in total. The van der Waals surface area contributed by atoms with Crippen LogP contribution in [0.1, 0.15) is 32.3 Å². The van der Waals surface area contributed by atoms with Gasteiger partial charge in [0.2, 0.25) is 0 Å². The second-order valence-electron chi connectivity index (χ2n) is 4.43. The van der Waals surface area contributed by atoms with Gasteiger partial charge in [-0.25, -0.2) is 0 Å². The lowest BCUT2D eigenvalue weighted by Crippen LogP contribution is -2.23. The van der Waals surface area contributed by atoms with Gasteiger partial charge >= 0.3 is 0 Å². The first-order chi connectivity index (χ1) is 7.70. The van der Waals surface area contributed by atoms with E-state index in [0.717, 1.165) is 25.3 Å². The van der Waals surface area contributed by atoms with E-state index in [1.165, 1.54) is 12.0 Å². The van der Waals surface area contributed by atoms with Gasteiger partial charge in [-0.2, -0.15) is 0 Å². The van der Waals surface area contributed by atoms with Crippen molar-refractivity contribution in [3.8, 4) is 5.75 Å². The number of ether oxygens (including phenoxy) is 1. The molecule has 0 fully saturated rings. The fourth-order valence-corrected chi connectivity index (χ4v) is 1.52. The Hall–Kier alpha value is -1.02. The molecule has 2 heteroatoms. The van der Waals surface area contributed by atoms with Crippen molar-refractivity contribution in [2.45, 2.75) is 39.7 Å². The molecule has 0 aliphatic heterocycles. The molecule has 16 heavy (non-hydrogen) atoms. The molecule has 0 saturated heterocycles. The summed E-state index contributed by atoms with van der Waals surface area (Å²) in [4.78, 5) is 0. The highest BCUT2D eigenvalue weighted by molar-refractivity contribution is 5.31. The molecule has 0 spiro atoms. The average molecular weight is 221 g/mol. The molecular formula is C14H23NO. The number of unbranched alkanes of at least 4 members (excludes halogenated alkanes) is 1. The van der Waals surface area contributed by atoms with Crippen LogP contribution in [0.2, 0.25) is 0 Å². The van der Waals surface area contributed by atoms with Crippen molar-refractivity contribution < 1.29 is 4.74 Å². The van der Waals surface area contributed by atoms with Crippen LogP contribution in [0.25, 0.3) is 0 Å². The van der Waals surface area contributed by atoms with Gasteiger partial charge in [-0.15, -0.1) is 0 Å². The van der Waals surface area contributed by atoms with Crippen LogP contribution in [0.4, 0.5) is 0 Å². The van der Waals surface area contributed by atoms with Crippen LogP contribution < -0.4 is 10.1 Å². The summed E-state index contributed by atoms with van der Waals surface area (Å²) in [6, 6.07) is 8.74. The van der Waals surface area contributed by atoms with Crippen molar-refractivity contribution in [1.82, 2.24) is 5.32 Å². The molecule has 90 valence electrons. The first-order valence-electron chi connectivity index (χ1n) is 6.12. The summed E-state index contributed by atoms with van der Waals surface area (Å²) < 4.78 is 5.72. The van der Waals surface area contributed by atoms with Crippen molar-refractivity contribution in [2.75, 3.05) is 13.2 Å². The molecular weight excluding hydrogens is 198 g/mol. The van der Waals surface area contributed by atoms with Gasteiger partial charge in [0, 0.05) is 6.04 Å². The van der Waals surface area contributed by atoms with Crippen LogP contribution in [0.3, 0.4) is 0 Å². The summed E-state index contributed by atoms with van der Waals surface area (Å²) in [5.74, 6) is 1.01. The van der Waals surface area contributed by atoms with E-state index in [9.17, 15) is 0 Å². The van der Waals surface area contributed by atoms with E-state index < -0.39 is 0 Å². The third-order valence-corrected chi connectivity index (χ3v) is 2.47. The first kappa shape index (κ1) is 13.0. The molecule has 0 bridgehead atoms. The summed E-state index contributed by atoms with van der Waals surface area (Å²) in [5.41, 5.74) is 1.21. The van der Waals surface area contributed by atoms with Gasteiger partial charge in [-0.05, 0) is 37.9 Å². The summed E-state index contributed by atoms with van der Waals surface area (Å²) in [5, 5.41) is 3.40. The lowest BCUT2D eigenvalue weighted by atomic mass is 10.2. The largest absolute Gasteiger partial charge is 0.493 e. The van der Waals surface area contributed by atoms with Crippen LogP contribution >= 0.6 is 0 Å². The molecule has 0 heterocycles. The Labute approximate surface area is 99.0 Å². The number of nitrogens with one attached hydrogen (secondary N) is 1. The Morgan fingerprint density at radius 3 is 2.62 bits per heavy atom. The number of hydrogen-bond donors (Lipinski definition) is 1. The van der Waals surface area contributed by atoms with E-state index in [-0.39, 0.29) is 0 Å². The van der Waals surface area contributed by atoms with E-state index in [0.29, 0.717) is 6.04 Å². The molecule has 0 aromatic heterocycles. The lowest BCUT2D eigenvalue weighted by molar-refractivity contribution is 0.303. The summed E-state index contributed by atoms with van der Waals surface area (Å²) in [6.45, 7) is 8.31. The Bertz CT molecular complexity index is 297. The maximum Gasteiger partial charge on any atom is 0.122 e. The number of benzene rings is 1. The number of para-hydroxylation sites is 1. The van der Waals surface area contributed by atoms with E-state index >= 15 is 0 Å². The fourth-order valence-electron chi connectivity index (χ4n) is 1.52. The summed E-state index contributed by atoms with van der Waals surface area (Å²) >= 11 is 0. The minimum Gasteiger partial charge on any atom is -0.493 e. The van der Waals surface area contributed by atoms with Crippen LogP contribution in [0.5, 0.6) is 5.75 Å². The third kappa shape index (κ3) is 5.17. The predicted octanol–water partition coefficient (Wildman–Crippen LogP) is 3.15. The highest BCUT2D eigenvalue weighted by Gasteiger charge is 1.97. The Morgan fingerprint density at radius 2 is 1.94 bits per heavy atom. The summed E-state index contributed by atoms with van der Waals surface area (Å²) in [6.07, 6.45) is 2.28. The van der Waals surface area contributed by atoms with Crippen LogP contribution in [-0.2, 0) is 0 Å². The normalized spacial score (nSPS) is 10.8. The number of rotatable bonds is 7. The third-order valence-electron chi connectivity index (χ3n) is 2.47. The quantitative estimate of drug-likeness (QED) is 0.714. The minimum absolute atomic E-state index is 0.581. The van der Waals surface area contributed by atoms with Crippen LogP contribution in [-0.4, -0.2) is 19.2 Å². The van der Waals surface area contributed by atoms with Gasteiger partial charge in [0.05, 0.1) is 6.61 Å². The molecule has 0 radical (unpaired) electrons. The maximum absolute atomic E-state index is 5.72. The lowest BCUT2D eigenvalue weighted by Gasteiger charge is -2.10. The van der Waals surface area contributed by atoms with Gasteiger partial charge in [-0.3, -0.25) is 0 Å². The standard InChI is InChI=1S/C14H23NO/c1-12(2)15-10-6-7-11-16-14-9-5-4-8-13(14)3/h4-5,8-9,12,15H,6-7,10-11H2,1-3H3. The van der Waals surface area contributed by atoms with Crippen LogP contribution in [0, 0.1) is 6.92 Å². The smallest absolute Gasteiger partial charge is 0.122 e. The maximum atomic E-state index is 5.72. The fraction of sp³-hybridized carbons (Fsp3) is 0.571. The van der Waals surface area contributed by atoms with E-state index in [2.05, 4.69) is 32.2 Å². The molecule has 2 nitrogen and oxygen atoms in total. The highest BCUT2D eigenvalue weighted by Crippen LogP contribution is 2.16. The van der Waals surface area contributed by atoms with E-state index in [4.69, 9.17) is 4.74 Å². The van der Waals surface area contributed by atoms with E-state index in [1.807, 2.05) is 18.2 Å². The summed E-state index contributed by atoms with van der Waals surface area (Å²) in [7, 11) is 0. The molecule has 0 atom stereocenters. The van der Waals surface area contributed by atoms with Crippen LogP contribution in [0.15, 0.2) is 24.3 Å². The molecule has 0 aliphatic carbocycles. The SMILES string of the molecule is Cc1ccccc1OCCCCNC(C)C. The number of hydrogen-bond acceptors (Lipinski definition) is 2. The topological polar surface area (TPSA) is 21.3 Å². The molecule has 1 rings (SSSR count). The zero-order chi connectivity index (χ0) is 11.8. The first-order valence-corrected chi connectivity index (χ1v) is 6.12. The van der Waals surface area contributed by atoms with Gasteiger partial charge in [-0.1, -0.05) is 32.0 Å². The highest BCUT2D eigenvalue weighted by atomic mass is 16.5. The minimum atomic E-state index is 0.581. The Kier molecular flexibility index (Phi) is 5.94. The second-order valence-corrected chi connectivity index (χ2v) is 4.43. The molecule has 0 saturated carbocycles. The Balaban J connectivity index is 2.10. The van der Waals surface area contributed by atoms with E-state index in [1.54, 1.807) is 0 Å². The van der Waals surface area contributed by atoms with Gasteiger partial charge in [0.15, 0.2) is 0 Å². The number of aryl methyl sites for hydroxylation is 1. The van der Waals surface area contributed by atoms with Crippen molar-refractivity contribution in [3.05, 3.63) is 29.8 Å². The monoisotopic (exact) mass is 221 g/mol. The van der Waals surface area contributed by atoms with Gasteiger partial charge < -0.3 is 10.1 Å². The molecule has 1 aromatic carbocycles. The second kappa shape index (κ2) is 7.29. The predicted molar refractivity (Wildman–Crippen MR) is 69.0 cm³/mol. The molecule has 0 aliphatic rings. The molecule has 0 unspecified atom stereocenters. The Morgan fingerprint density at radius 1 is 1.19 bits per heavy atom. The van der Waals surface area contributed by atoms with Crippen molar-refractivity contribution in [3.63, 3.8) is 0 Å². The van der Waals surface area contributed by atoms with Gasteiger partial charge in [0.1, 0.15) is 5.75 Å². The van der Waals surface area contributed by atoms with Crippen molar-refractivity contribution >= 4 is 0 Å². The van der Waals surface area contributed by atoms with Gasteiger partial charge in [0.25, 0.3) is 0 Å². The zero-order valence-electron chi connectivity index (χ0n) is 10.6. The van der Waals surface area contributed by atoms with Crippen molar-refractivity contribution in [1.29, 1.82) is 0 Å². The average Bonchev–Trinajstić information content (AvgIpc) is 2.25. The molecule has 0 amide bonds. The zero-order valence-corrected chi connectivity index (χ0v) is 10.6. The van der Waals surface area contributed by atoms with Crippen molar-refractivity contribution in [2.24, 2.45) is 0 Å². The molecule has 1 aromatic rings.